The first-order valence-electron chi connectivity index (χ1n) is 10.8. The predicted molar refractivity (Wildman–Crippen MR) is 117 cm³/mol. The zero-order chi connectivity index (χ0) is 22.1. The van der Waals surface area contributed by atoms with Crippen molar-refractivity contribution in [2.45, 2.75) is 19.5 Å². The van der Waals surface area contributed by atoms with Crippen LogP contribution in [0, 0.1) is 17.5 Å². The fourth-order valence-electron chi connectivity index (χ4n) is 4.40. The molecule has 0 radical (unpaired) electrons. The molecule has 1 saturated heterocycles. The van der Waals surface area contributed by atoms with Crippen LogP contribution < -0.4 is 9.80 Å². The van der Waals surface area contributed by atoms with Crippen molar-refractivity contribution in [3.05, 3.63) is 82.9 Å². The highest BCUT2D eigenvalue weighted by atomic mass is 19.2. The third kappa shape index (κ3) is 4.27. The van der Waals surface area contributed by atoms with Gasteiger partial charge in [-0.15, -0.1) is 0 Å². The molecule has 5 nitrogen and oxygen atoms in total. The smallest absolute Gasteiger partial charge is 0.225 e. The highest BCUT2D eigenvalue weighted by molar-refractivity contribution is 5.49. The van der Waals surface area contributed by atoms with Crippen molar-refractivity contribution in [2.24, 2.45) is 0 Å². The zero-order valence-electron chi connectivity index (χ0n) is 17.6. The molecular weight excluding hydrogens is 415 g/mol. The lowest BCUT2D eigenvalue weighted by molar-refractivity contribution is 0.242. The van der Waals surface area contributed by atoms with Gasteiger partial charge in [-0.3, -0.25) is 4.90 Å². The topological polar surface area (TPSA) is 35.5 Å². The average molecular weight is 439 g/mol. The van der Waals surface area contributed by atoms with Crippen molar-refractivity contribution in [3.8, 4) is 0 Å². The molecule has 2 aliphatic rings. The van der Waals surface area contributed by atoms with Crippen LogP contribution in [0.5, 0.6) is 0 Å². The van der Waals surface area contributed by atoms with Crippen LogP contribution in [-0.4, -0.2) is 47.6 Å². The third-order valence-corrected chi connectivity index (χ3v) is 6.15. The predicted octanol–water partition coefficient (Wildman–Crippen LogP) is 3.78. The van der Waals surface area contributed by atoms with E-state index < -0.39 is 11.6 Å². The molecule has 0 saturated carbocycles. The van der Waals surface area contributed by atoms with Crippen LogP contribution in [0.25, 0.3) is 0 Å². The van der Waals surface area contributed by atoms with Crippen molar-refractivity contribution < 1.29 is 13.2 Å². The molecule has 0 unspecified atom stereocenters. The van der Waals surface area contributed by atoms with Gasteiger partial charge >= 0.3 is 0 Å². The van der Waals surface area contributed by atoms with Gasteiger partial charge in [0.2, 0.25) is 5.95 Å². The minimum absolute atomic E-state index is 0.195. The van der Waals surface area contributed by atoms with E-state index in [-0.39, 0.29) is 5.82 Å². The minimum Gasteiger partial charge on any atom is -0.366 e. The molecule has 1 fully saturated rings. The SMILES string of the molecule is Fc1ccc(CN2CCc3nc(N4CCN(c5ccccc5F)CC4)ncc3C2)cc1F. The van der Waals surface area contributed by atoms with E-state index in [4.69, 9.17) is 4.98 Å². The number of fused-ring (bicyclic) bond motifs is 1. The van der Waals surface area contributed by atoms with E-state index in [9.17, 15) is 13.2 Å². The van der Waals surface area contributed by atoms with Crippen molar-refractivity contribution in [2.75, 3.05) is 42.5 Å². The first-order valence-corrected chi connectivity index (χ1v) is 10.8. The van der Waals surface area contributed by atoms with E-state index in [1.165, 1.54) is 18.2 Å². The molecule has 0 amide bonds. The molecule has 8 heteroatoms. The summed E-state index contributed by atoms with van der Waals surface area (Å²) in [6, 6.07) is 10.9. The fourth-order valence-corrected chi connectivity index (χ4v) is 4.40. The number of benzene rings is 2. The second kappa shape index (κ2) is 8.78. The fraction of sp³-hybridized carbons (Fsp3) is 0.333. The largest absolute Gasteiger partial charge is 0.366 e. The third-order valence-electron chi connectivity index (χ3n) is 6.15. The molecule has 0 bridgehead atoms. The van der Waals surface area contributed by atoms with Gasteiger partial charge in [-0.05, 0) is 29.8 Å². The van der Waals surface area contributed by atoms with Crippen molar-refractivity contribution in [3.63, 3.8) is 0 Å². The standard InChI is InChI=1S/C24H24F3N5/c25-19-6-5-17(13-21(19)27)15-30-8-7-22-18(16-30)14-28-24(29-22)32-11-9-31(10-12-32)23-4-2-1-3-20(23)26/h1-6,13-14H,7-12,15-16H2. The summed E-state index contributed by atoms with van der Waals surface area (Å²) in [7, 11) is 0. The van der Waals surface area contributed by atoms with Gasteiger partial charge in [0.25, 0.3) is 0 Å². The quantitative estimate of drug-likeness (QED) is 0.618. The van der Waals surface area contributed by atoms with Crippen molar-refractivity contribution in [1.82, 2.24) is 14.9 Å². The van der Waals surface area contributed by atoms with E-state index in [0.717, 1.165) is 42.9 Å². The summed E-state index contributed by atoms with van der Waals surface area (Å²) in [5, 5.41) is 0. The van der Waals surface area contributed by atoms with Gasteiger partial charge in [0.05, 0.1) is 11.4 Å². The van der Waals surface area contributed by atoms with Gasteiger partial charge in [-0.2, -0.15) is 0 Å². The van der Waals surface area contributed by atoms with Crippen LogP contribution in [0.1, 0.15) is 16.8 Å². The number of aromatic nitrogens is 2. The van der Waals surface area contributed by atoms with Gasteiger partial charge < -0.3 is 9.80 Å². The molecule has 0 spiro atoms. The van der Waals surface area contributed by atoms with Crippen LogP contribution in [-0.2, 0) is 19.5 Å². The summed E-state index contributed by atoms with van der Waals surface area (Å²) < 4.78 is 40.7. The van der Waals surface area contributed by atoms with Gasteiger partial charge in [-0.1, -0.05) is 18.2 Å². The molecule has 2 aliphatic heterocycles. The first-order chi connectivity index (χ1) is 15.6. The van der Waals surface area contributed by atoms with Gasteiger partial charge in [-0.25, -0.2) is 23.1 Å². The van der Waals surface area contributed by atoms with Crippen LogP contribution in [0.3, 0.4) is 0 Å². The number of piperazine rings is 1. The van der Waals surface area contributed by atoms with Crippen molar-refractivity contribution >= 4 is 11.6 Å². The Morgan fingerprint density at radius 1 is 0.812 bits per heavy atom. The monoisotopic (exact) mass is 439 g/mol. The van der Waals surface area contributed by atoms with Gasteiger partial charge in [0.15, 0.2) is 11.6 Å². The van der Waals surface area contributed by atoms with Crippen LogP contribution in [0.4, 0.5) is 24.8 Å². The molecule has 5 rings (SSSR count). The summed E-state index contributed by atoms with van der Waals surface area (Å²) >= 11 is 0. The highest BCUT2D eigenvalue weighted by Gasteiger charge is 2.24. The highest BCUT2D eigenvalue weighted by Crippen LogP contribution is 2.24. The average Bonchev–Trinajstić information content (AvgIpc) is 2.82. The Kier molecular flexibility index (Phi) is 5.70. The molecule has 3 aromatic rings. The molecule has 0 N–H and O–H groups in total. The first kappa shape index (κ1) is 20.8. The lowest BCUT2D eigenvalue weighted by Gasteiger charge is -2.36. The van der Waals surface area contributed by atoms with Crippen LogP contribution >= 0.6 is 0 Å². The Morgan fingerprint density at radius 2 is 1.59 bits per heavy atom. The number of nitrogens with zero attached hydrogens (tertiary/aromatic N) is 5. The Balaban J connectivity index is 1.22. The summed E-state index contributed by atoms with van der Waals surface area (Å²) in [5.74, 6) is -1.12. The Morgan fingerprint density at radius 3 is 2.38 bits per heavy atom. The molecule has 0 atom stereocenters. The van der Waals surface area contributed by atoms with E-state index in [0.29, 0.717) is 37.8 Å². The summed E-state index contributed by atoms with van der Waals surface area (Å²) in [6.07, 6.45) is 2.65. The van der Waals surface area contributed by atoms with E-state index in [1.54, 1.807) is 12.1 Å². The molecule has 1 aromatic heterocycles. The van der Waals surface area contributed by atoms with Gasteiger partial charge in [0, 0.05) is 64.0 Å². The number of anilines is 2. The molecular formula is C24H24F3N5. The maximum atomic E-state index is 14.1. The number of halogens is 3. The Bertz CT molecular complexity index is 1110. The van der Waals surface area contributed by atoms with E-state index >= 15 is 0 Å². The Labute approximate surface area is 185 Å². The number of hydrogen-bond donors (Lipinski definition) is 0. The molecule has 3 heterocycles. The molecule has 32 heavy (non-hydrogen) atoms. The summed E-state index contributed by atoms with van der Waals surface area (Å²) in [5.41, 5.74) is 3.48. The lowest BCUT2D eigenvalue weighted by atomic mass is 10.1. The van der Waals surface area contributed by atoms with Crippen LogP contribution in [0.2, 0.25) is 0 Å². The van der Waals surface area contributed by atoms with Gasteiger partial charge in [0.1, 0.15) is 5.82 Å². The number of para-hydroxylation sites is 1. The Hall–Kier alpha value is -3.13. The number of rotatable bonds is 4. The number of hydrogen-bond acceptors (Lipinski definition) is 5. The molecule has 0 aliphatic carbocycles. The maximum absolute atomic E-state index is 14.1. The zero-order valence-corrected chi connectivity index (χ0v) is 17.6. The maximum Gasteiger partial charge on any atom is 0.225 e. The summed E-state index contributed by atoms with van der Waals surface area (Å²) in [4.78, 5) is 15.8. The second-order valence-corrected chi connectivity index (χ2v) is 8.28. The molecule has 166 valence electrons. The van der Waals surface area contributed by atoms with E-state index in [2.05, 4.69) is 19.7 Å². The van der Waals surface area contributed by atoms with E-state index in [1.807, 2.05) is 18.3 Å². The summed E-state index contributed by atoms with van der Waals surface area (Å²) in [6.45, 7) is 4.91. The lowest BCUT2D eigenvalue weighted by Crippen LogP contribution is -2.47. The normalized spacial score (nSPS) is 16.8. The second-order valence-electron chi connectivity index (χ2n) is 8.28. The molecule has 2 aromatic carbocycles. The van der Waals surface area contributed by atoms with Crippen LogP contribution in [0.15, 0.2) is 48.7 Å². The minimum atomic E-state index is -0.826. The van der Waals surface area contributed by atoms with Crippen molar-refractivity contribution in [1.29, 1.82) is 0 Å².